The van der Waals surface area contributed by atoms with E-state index in [1.165, 1.54) is 0 Å². The Hall–Kier alpha value is -3.08. The third-order valence-electron chi connectivity index (χ3n) is 3.76. The molecule has 0 atom stereocenters. The average Bonchev–Trinajstić information content (AvgIpc) is 3.07. The van der Waals surface area contributed by atoms with E-state index in [9.17, 15) is 4.79 Å². The Bertz CT molecular complexity index is 829. The molecule has 0 radical (unpaired) electrons. The van der Waals surface area contributed by atoms with Crippen LogP contribution in [-0.4, -0.2) is 24.6 Å². The number of benzene rings is 2. The van der Waals surface area contributed by atoms with Gasteiger partial charge in [0, 0.05) is 18.3 Å². The minimum absolute atomic E-state index is 0.225. The van der Waals surface area contributed by atoms with Crippen molar-refractivity contribution in [1.82, 2.24) is 4.98 Å². The first-order chi connectivity index (χ1) is 12.2. The van der Waals surface area contributed by atoms with Gasteiger partial charge in [0.2, 0.25) is 5.89 Å². The molecule has 2 aromatic carbocycles. The zero-order valence-electron chi connectivity index (χ0n) is 14.3. The number of para-hydroxylation sites is 1. The van der Waals surface area contributed by atoms with Crippen LogP contribution in [0.25, 0.3) is 11.5 Å². The summed E-state index contributed by atoms with van der Waals surface area (Å²) in [6.45, 7) is 2.48. The summed E-state index contributed by atoms with van der Waals surface area (Å²) in [5, 5.41) is 0. The Balaban J connectivity index is 1.93. The van der Waals surface area contributed by atoms with Crippen molar-refractivity contribution >= 4 is 11.7 Å². The molecule has 1 heterocycles. The number of ether oxygens (including phenoxy) is 1. The molecule has 25 heavy (non-hydrogen) atoms. The van der Waals surface area contributed by atoms with Crippen molar-refractivity contribution in [3.63, 3.8) is 0 Å². The molecule has 5 nitrogen and oxygen atoms in total. The van der Waals surface area contributed by atoms with Crippen molar-refractivity contribution in [3.8, 4) is 11.5 Å². The molecule has 1 aromatic heterocycles. The Morgan fingerprint density at radius 1 is 1.08 bits per heavy atom. The van der Waals surface area contributed by atoms with E-state index in [-0.39, 0.29) is 5.69 Å². The van der Waals surface area contributed by atoms with Gasteiger partial charge in [-0.3, -0.25) is 0 Å². The summed E-state index contributed by atoms with van der Waals surface area (Å²) < 4.78 is 11.0. The van der Waals surface area contributed by atoms with Crippen molar-refractivity contribution in [2.45, 2.75) is 13.5 Å². The summed E-state index contributed by atoms with van der Waals surface area (Å²) >= 11 is 0. The Morgan fingerprint density at radius 2 is 1.72 bits per heavy atom. The van der Waals surface area contributed by atoms with Crippen molar-refractivity contribution in [2.24, 2.45) is 0 Å². The molecule has 0 aliphatic carbocycles. The Morgan fingerprint density at radius 3 is 2.36 bits per heavy atom. The number of oxazole rings is 1. The number of aromatic nitrogens is 1. The smallest absolute Gasteiger partial charge is 0.360 e. The molecule has 0 amide bonds. The van der Waals surface area contributed by atoms with Crippen molar-refractivity contribution in [1.29, 1.82) is 0 Å². The maximum absolute atomic E-state index is 12.3. The summed E-state index contributed by atoms with van der Waals surface area (Å²) in [6, 6.07) is 19.4. The topological polar surface area (TPSA) is 55.6 Å². The van der Waals surface area contributed by atoms with Gasteiger partial charge in [-0.1, -0.05) is 36.4 Å². The number of carbonyl (C=O) groups excluding carboxylic acids is 1. The molecule has 0 unspecified atom stereocenters. The van der Waals surface area contributed by atoms with Crippen LogP contribution in [0.5, 0.6) is 0 Å². The number of esters is 1. The van der Waals surface area contributed by atoms with Gasteiger partial charge < -0.3 is 14.1 Å². The van der Waals surface area contributed by atoms with Crippen LogP contribution >= 0.6 is 0 Å². The van der Waals surface area contributed by atoms with E-state index in [0.717, 1.165) is 11.3 Å². The fourth-order valence-electron chi connectivity index (χ4n) is 2.51. The van der Waals surface area contributed by atoms with E-state index in [1.54, 1.807) is 6.92 Å². The van der Waals surface area contributed by atoms with Gasteiger partial charge in [0.25, 0.3) is 0 Å². The number of anilines is 1. The fourth-order valence-corrected chi connectivity index (χ4v) is 2.51. The molecular formula is C20H20N2O3. The molecule has 0 spiro atoms. The van der Waals surface area contributed by atoms with Crippen LogP contribution in [0.3, 0.4) is 0 Å². The second kappa shape index (κ2) is 7.66. The molecule has 0 bridgehead atoms. The first-order valence-corrected chi connectivity index (χ1v) is 8.17. The van der Waals surface area contributed by atoms with Crippen LogP contribution in [-0.2, 0) is 11.3 Å². The first-order valence-electron chi connectivity index (χ1n) is 8.17. The van der Waals surface area contributed by atoms with Gasteiger partial charge in [-0.15, -0.1) is 0 Å². The molecule has 0 aliphatic heterocycles. The molecule has 0 saturated heterocycles. The average molecular weight is 336 g/mol. The second-order valence-corrected chi connectivity index (χ2v) is 5.57. The maximum Gasteiger partial charge on any atom is 0.360 e. The maximum atomic E-state index is 12.3. The molecule has 3 rings (SSSR count). The van der Waals surface area contributed by atoms with Crippen LogP contribution in [0.4, 0.5) is 5.69 Å². The lowest BCUT2D eigenvalue weighted by Gasteiger charge is -2.17. The van der Waals surface area contributed by atoms with E-state index in [0.29, 0.717) is 24.8 Å². The lowest BCUT2D eigenvalue weighted by Crippen LogP contribution is -2.18. The van der Waals surface area contributed by atoms with E-state index >= 15 is 0 Å². The van der Waals surface area contributed by atoms with Crippen molar-refractivity contribution in [2.75, 3.05) is 18.6 Å². The van der Waals surface area contributed by atoms with Crippen LogP contribution in [0.2, 0.25) is 0 Å². The molecule has 0 aliphatic rings. The predicted octanol–water partition coefficient (Wildman–Crippen LogP) is 4.15. The van der Waals surface area contributed by atoms with Gasteiger partial charge in [-0.2, -0.15) is 0 Å². The summed E-state index contributed by atoms with van der Waals surface area (Å²) in [5.74, 6) is 0.439. The quantitative estimate of drug-likeness (QED) is 0.633. The molecule has 3 aromatic rings. The van der Waals surface area contributed by atoms with Gasteiger partial charge in [0.1, 0.15) is 0 Å². The van der Waals surface area contributed by atoms with Gasteiger partial charge in [0.15, 0.2) is 11.5 Å². The van der Waals surface area contributed by atoms with Gasteiger partial charge in [-0.25, -0.2) is 9.78 Å². The van der Waals surface area contributed by atoms with Crippen LogP contribution in [0.15, 0.2) is 65.1 Å². The summed E-state index contributed by atoms with van der Waals surface area (Å²) in [4.78, 5) is 18.6. The molecule has 0 N–H and O–H groups in total. The SMILES string of the molecule is CCOC(=O)c1nc(-c2ccccc2)oc1CN(C)c1ccccc1. The largest absolute Gasteiger partial charge is 0.461 e. The number of nitrogens with zero attached hydrogens (tertiary/aromatic N) is 2. The highest BCUT2D eigenvalue weighted by atomic mass is 16.5. The Kier molecular flexibility index (Phi) is 5.14. The van der Waals surface area contributed by atoms with Crippen molar-refractivity contribution in [3.05, 3.63) is 72.1 Å². The highest BCUT2D eigenvalue weighted by Gasteiger charge is 2.23. The standard InChI is InChI=1S/C20H20N2O3/c1-3-24-20(23)18-17(14-22(2)16-12-8-5-9-13-16)25-19(21-18)15-10-6-4-7-11-15/h4-13H,3,14H2,1-2H3. The minimum Gasteiger partial charge on any atom is -0.461 e. The first kappa shape index (κ1) is 16.8. The number of carbonyl (C=O) groups is 1. The number of hydrogen-bond acceptors (Lipinski definition) is 5. The lowest BCUT2D eigenvalue weighted by molar-refractivity contribution is 0.0517. The highest BCUT2D eigenvalue weighted by molar-refractivity contribution is 5.89. The summed E-state index contributed by atoms with van der Waals surface area (Å²) in [5.41, 5.74) is 2.07. The zero-order chi connectivity index (χ0) is 17.6. The minimum atomic E-state index is -0.468. The van der Waals surface area contributed by atoms with Crippen LogP contribution in [0, 0.1) is 0 Å². The lowest BCUT2D eigenvalue weighted by atomic mass is 10.2. The van der Waals surface area contributed by atoms with E-state index in [4.69, 9.17) is 9.15 Å². The third kappa shape index (κ3) is 3.88. The van der Waals surface area contributed by atoms with Gasteiger partial charge in [-0.05, 0) is 31.2 Å². The molecular weight excluding hydrogens is 316 g/mol. The van der Waals surface area contributed by atoms with Gasteiger partial charge >= 0.3 is 5.97 Å². The normalized spacial score (nSPS) is 10.5. The number of hydrogen-bond donors (Lipinski definition) is 0. The van der Waals surface area contributed by atoms with E-state index in [1.807, 2.05) is 72.6 Å². The van der Waals surface area contributed by atoms with Crippen molar-refractivity contribution < 1.29 is 13.9 Å². The molecule has 0 fully saturated rings. The fraction of sp³-hybridized carbons (Fsp3) is 0.200. The second-order valence-electron chi connectivity index (χ2n) is 5.57. The van der Waals surface area contributed by atoms with Gasteiger partial charge in [0.05, 0.1) is 13.2 Å². The van der Waals surface area contributed by atoms with Crippen LogP contribution < -0.4 is 4.90 Å². The third-order valence-corrected chi connectivity index (χ3v) is 3.76. The summed E-state index contributed by atoms with van der Waals surface area (Å²) in [6.07, 6.45) is 0. The molecule has 5 heteroatoms. The highest BCUT2D eigenvalue weighted by Crippen LogP contribution is 2.25. The summed E-state index contributed by atoms with van der Waals surface area (Å²) in [7, 11) is 1.94. The zero-order valence-corrected chi connectivity index (χ0v) is 14.3. The monoisotopic (exact) mass is 336 g/mol. The predicted molar refractivity (Wildman–Crippen MR) is 96.4 cm³/mol. The number of rotatable bonds is 6. The van der Waals surface area contributed by atoms with E-state index < -0.39 is 5.97 Å². The molecule has 128 valence electrons. The van der Waals surface area contributed by atoms with Crippen LogP contribution in [0.1, 0.15) is 23.2 Å². The Labute approximate surface area is 146 Å². The van der Waals surface area contributed by atoms with E-state index in [2.05, 4.69) is 4.98 Å². The molecule has 0 saturated carbocycles.